The molecular formula is C25H31N5O4. The maximum Gasteiger partial charge on any atom is 0.290 e. The Morgan fingerprint density at radius 2 is 2.09 bits per heavy atom. The van der Waals surface area contributed by atoms with Crippen LogP contribution in [0.5, 0.6) is 0 Å². The molecule has 1 aromatic carbocycles. The van der Waals surface area contributed by atoms with E-state index in [0.29, 0.717) is 13.1 Å². The van der Waals surface area contributed by atoms with Gasteiger partial charge in [-0.3, -0.25) is 14.6 Å². The Kier molecular flexibility index (Phi) is 7.60. The molecule has 0 saturated carbocycles. The third-order valence-electron chi connectivity index (χ3n) is 6.78. The zero-order valence-electron chi connectivity index (χ0n) is 19.2. The standard InChI is InChI=1S/C25H31N5O4/c26-13-19-14-27-23(28-19)24(33)29-21-7-6-18(12-20(21)17-4-2-1-3-5-17)16-8-10-30(11-9-16)25(34)22(32)15-31/h4,6-7,12,16,19,22,31-32H,1-3,5,8-11,14-15H2,(H,27,28)(H,29,33). The lowest BCUT2D eigenvalue weighted by atomic mass is 9.85. The number of nitrogens with zero attached hydrogens (tertiary/aromatic N) is 3. The molecule has 2 aliphatic heterocycles. The Balaban J connectivity index is 1.51. The van der Waals surface area contributed by atoms with Crippen LogP contribution in [0, 0.1) is 11.3 Å². The van der Waals surface area contributed by atoms with Crippen LogP contribution in [0.15, 0.2) is 29.3 Å². The second-order valence-electron chi connectivity index (χ2n) is 9.05. The lowest BCUT2D eigenvalue weighted by Crippen LogP contribution is -2.44. The van der Waals surface area contributed by atoms with Gasteiger partial charge in [0.25, 0.3) is 11.8 Å². The summed E-state index contributed by atoms with van der Waals surface area (Å²) in [5.74, 6) is -0.326. The topological polar surface area (TPSA) is 138 Å². The monoisotopic (exact) mass is 465 g/mol. The number of aliphatic hydroxyl groups excluding tert-OH is 2. The van der Waals surface area contributed by atoms with E-state index in [4.69, 9.17) is 10.4 Å². The smallest absolute Gasteiger partial charge is 0.290 e. The van der Waals surface area contributed by atoms with E-state index in [1.54, 1.807) is 4.90 Å². The first-order valence-electron chi connectivity index (χ1n) is 11.9. The van der Waals surface area contributed by atoms with Crippen LogP contribution in [0.2, 0.25) is 0 Å². The Morgan fingerprint density at radius 3 is 2.74 bits per heavy atom. The molecule has 34 heavy (non-hydrogen) atoms. The molecule has 2 atom stereocenters. The molecule has 0 aromatic heterocycles. The molecule has 1 aromatic rings. The highest BCUT2D eigenvalue weighted by molar-refractivity contribution is 6.42. The zero-order valence-corrected chi connectivity index (χ0v) is 19.2. The first kappa shape index (κ1) is 23.9. The fourth-order valence-corrected chi connectivity index (χ4v) is 4.83. The number of nitrogens with one attached hydrogen (secondary N) is 2. The van der Waals surface area contributed by atoms with Crippen LogP contribution >= 0.6 is 0 Å². The maximum absolute atomic E-state index is 12.8. The lowest BCUT2D eigenvalue weighted by Gasteiger charge is -2.33. The van der Waals surface area contributed by atoms with Crippen molar-refractivity contribution in [2.75, 3.05) is 31.6 Å². The second kappa shape index (κ2) is 10.8. The zero-order chi connectivity index (χ0) is 24.1. The maximum atomic E-state index is 12.8. The summed E-state index contributed by atoms with van der Waals surface area (Å²) in [6.07, 6.45) is 6.66. The molecule has 180 valence electrons. The summed E-state index contributed by atoms with van der Waals surface area (Å²) >= 11 is 0. The summed E-state index contributed by atoms with van der Waals surface area (Å²) in [5.41, 5.74) is 4.12. The van der Waals surface area contributed by atoms with Crippen molar-refractivity contribution in [2.45, 2.75) is 56.6 Å². The number of hydrogen-bond acceptors (Lipinski definition) is 7. The molecule has 9 nitrogen and oxygen atoms in total. The van der Waals surface area contributed by atoms with E-state index in [2.05, 4.69) is 33.8 Å². The molecule has 0 radical (unpaired) electrons. The minimum Gasteiger partial charge on any atom is -0.393 e. The molecule has 0 bridgehead atoms. The van der Waals surface area contributed by atoms with Crippen molar-refractivity contribution in [1.82, 2.24) is 10.2 Å². The highest BCUT2D eigenvalue weighted by Crippen LogP contribution is 2.36. The van der Waals surface area contributed by atoms with Gasteiger partial charge in [0.1, 0.15) is 6.04 Å². The highest BCUT2D eigenvalue weighted by Gasteiger charge is 2.28. The van der Waals surface area contributed by atoms with Gasteiger partial charge < -0.3 is 25.7 Å². The SMILES string of the molecule is N#CC1CN=C(C(=O)Nc2ccc(C3CCN(C(=O)C(O)CO)CC3)cc2C2=CCCCC2)N1. The van der Waals surface area contributed by atoms with Gasteiger partial charge in [-0.15, -0.1) is 0 Å². The number of carbonyl (C=O) groups excluding carboxylic acids is 2. The predicted octanol–water partition coefficient (Wildman–Crippen LogP) is 1.54. The number of rotatable bonds is 6. The Bertz CT molecular complexity index is 1040. The normalized spacial score (nSPS) is 21.7. The number of likely N-dealkylation sites (tertiary alicyclic amines) is 1. The second-order valence-corrected chi connectivity index (χ2v) is 9.05. The number of carbonyl (C=O) groups is 2. The van der Waals surface area contributed by atoms with Crippen LogP contribution < -0.4 is 10.6 Å². The molecule has 1 fully saturated rings. The summed E-state index contributed by atoms with van der Waals surface area (Å²) in [4.78, 5) is 30.7. The van der Waals surface area contributed by atoms with Crippen LogP contribution in [0.4, 0.5) is 5.69 Å². The van der Waals surface area contributed by atoms with E-state index in [9.17, 15) is 14.7 Å². The summed E-state index contributed by atoms with van der Waals surface area (Å²) in [5, 5.41) is 33.6. The molecule has 4 rings (SSSR count). The van der Waals surface area contributed by atoms with Crippen LogP contribution in [-0.4, -0.2) is 71.1 Å². The van der Waals surface area contributed by atoms with Gasteiger partial charge in [-0.1, -0.05) is 12.1 Å². The minimum absolute atomic E-state index is 0.182. The number of aliphatic imine (C=N–C) groups is 1. The van der Waals surface area contributed by atoms with Crippen molar-refractivity contribution in [3.8, 4) is 6.07 Å². The van der Waals surface area contributed by atoms with Gasteiger partial charge in [0.15, 0.2) is 11.9 Å². The number of hydrogen-bond donors (Lipinski definition) is 4. The average Bonchev–Trinajstić information content (AvgIpc) is 3.38. The Labute approximate surface area is 199 Å². The molecule has 3 aliphatic rings. The molecule has 1 aliphatic carbocycles. The molecule has 2 unspecified atom stereocenters. The molecule has 1 saturated heterocycles. The summed E-state index contributed by atoms with van der Waals surface area (Å²) in [6.45, 7) is 0.765. The predicted molar refractivity (Wildman–Crippen MR) is 128 cm³/mol. The van der Waals surface area contributed by atoms with Crippen LogP contribution in [0.3, 0.4) is 0 Å². The van der Waals surface area contributed by atoms with Crippen molar-refractivity contribution in [1.29, 1.82) is 5.26 Å². The van der Waals surface area contributed by atoms with Gasteiger partial charge in [0, 0.05) is 24.3 Å². The third-order valence-corrected chi connectivity index (χ3v) is 6.78. The van der Waals surface area contributed by atoms with Crippen LogP contribution in [-0.2, 0) is 9.59 Å². The summed E-state index contributed by atoms with van der Waals surface area (Å²) in [6, 6.07) is 7.71. The van der Waals surface area contributed by atoms with E-state index < -0.39 is 24.7 Å². The van der Waals surface area contributed by atoms with Crippen LogP contribution in [0.25, 0.3) is 5.57 Å². The number of allylic oxidation sites excluding steroid dienone is 2. The van der Waals surface area contributed by atoms with E-state index in [0.717, 1.165) is 55.3 Å². The van der Waals surface area contributed by atoms with Crippen molar-refractivity contribution < 1.29 is 19.8 Å². The first-order valence-corrected chi connectivity index (χ1v) is 11.9. The van der Waals surface area contributed by atoms with Gasteiger partial charge >= 0.3 is 0 Å². The number of anilines is 1. The number of amidine groups is 1. The largest absolute Gasteiger partial charge is 0.393 e. The molecule has 2 heterocycles. The third kappa shape index (κ3) is 5.29. The van der Waals surface area contributed by atoms with Gasteiger partial charge in [-0.2, -0.15) is 5.26 Å². The van der Waals surface area contributed by atoms with Gasteiger partial charge in [0.05, 0.1) is 19.2 Å². The summed E-state index contributed by atoms with van der Waals surface area (Å²) in [7, 11) is 0. The van der Waals surface area contributed by atoms with Crippen molar-refractivity contribution in [2.24, 2.45) is 4.99 Å². The molecule has 2 amide bonds. The van der Waals surface area contributed by atoms with E-state index in [-0.39, 0.29) is 24.2 Å². The lowest BCUT2D eigenvalue weighted by molar-refractivity contribution is -0.143. The first-order chi connectivity index (χ1) is 16.5. The Morgan fingerprint density at radius 1 is 1.29 bits per heavy atom. The number of benzene rings is 1. The van der Waals surface area contributed by atoms with E-state index >= 15 is 0 Å². The molecular weight excluding hydrogens is 434 g/mol. The van der Waals surface area contributed by atoms with Crippen molar-refractivity contribution >= 4 is 28.9 Å². The Hall–Kier alpha value is -3.22. The van der Waals surface area contributed by atoms with Crippen molar-refractivity contribution in [3.05, 3.63) is 35.4 Å². The average molecular weight is 466 g/mol. The number of piperidine rings is 1. The van der Waals surface area contributed by atoms with E-state index in [1.165, 1.54) is 5.57 Å². The van der Waals surface area contributed by atoms with Gasteiger partial charge in [-0.25, -0.2) is 0 Å². The van der Waals surface area contributed by atoms with Crippen LogP contribution in [0.1, 0.15) is 55.6 Å². The molecule has 0 spiro atoms. The number of nitriles is 1. The quantitative estimate of drug-likeness (QED) is 0.503. The fourth-order valence-electron chi connectivity index (χ4n) is 4.83. The summed E-state index contributed by atoms with van der Waals surface area (Å²) < 4.78 is 0. The van der Waals surface area contributed by atoms with Crippen molar-refractivity contribution in [3.63, 3.8) is 0 Å². The number of amides is 2. The van der Waals surface area contributed by atoms with E-state index in [1.807, 2.05) is 12.1 Å². The van der Waals surface area contributed by atoms with Gasteiger partial charge in [-0.05, 0) is 67.7 Å². The van der Waals surface area contributed by atoms with Gasteiger partial charge in [0.2, 0.25) is 0 Å². The minimum atomic E-state index is -1.35. The fraction of sp³-hybridized carbons (Fsp3) is 0.520. The molecule has 4 N–H and O–H groups in total. The highest BCUT2D eigenvalue weighted by atomic mass is 16.3. The number of aliphatic hydroxyl groups is 2. The molecule has 9 heteroatoms.